The second-order valence-electron chi connectivity index (χ2n) is 5.40. The zero-order valence-corrected chi connectivity index (χ0v) is 12.7. The van der Waals surface area contributed by atoms with Gasteiger partial charge in [0.15, 0.2) is 11.5 Å². The number of nitrogens with one attached hydrogen (secondary N) is 1. The molecule has 1 N–H and O–H groups in total. The van der Waals surface area contributed by atoms with E-state index in [1.54, 1.807) is 11.8 Å². The molecule has 2 aromatic rings. The Morgan fingerprint density at radius 1 is 1.29 bits per heavy atom. The first-order chi connectivity index (χ1) is 10.2. The van der Waals surface area contributed by atoms with Crippen molar-refractivity contribution in [2.45, 2.75) is 32.4 Å². The van der Waals surface area contributed by atoms with Gasteiger partial charge in [0.2, 0.25) is 5.88 Å². The van der Waals surface area contributed by atoms with E-state index < -0.39 is 0 Å². The summed E-state index contributed by atoms with van der Waals surface area (Å²) in [4.78, 5) is 0. The van der Waals surface area contributed by atoms with Crippen molar-refractivity contribution in [1.29, 1.82) is 0 Å². The van der Waals surface area contributed by atoms with Crippen molar-refractivity contribution in [1.82, 2.24) is 15.1 Å². The summed E-state index contributed by atoms with van der Waals surface area (Å²) in [7, 11) is 3.55. The van der Waals surface area contributed by atoms with E-state index in [-0.39, 0.29) is 0 Å². The first kappa shape index (κ1) is 13.9. The fraction of sp³-hybridized carbons (Fsp3) is 0.438. The molecule has 1 aliphatic rings. The SMILES string of the molecule is COc1ccccc1Oc1c(CNC2CC2)c(C)nn1C. The van der Waals surface area contributed by atoms with E-state index in [9.17, 15) is 0 Å². The van der Waals surface area contributed by atoms with Gasteiger partial charge in [0.05, 0.1) is 18.4 Å². The second-order valence-corrected chi connectivity index (χ2v) is 5.40. The minimum atomic E-state index is 0.656. The van der Waals surface area contributed by atoms with Gasteiger partial charge in [-0.25, -0.2) is 4.68 Å². The smallest absolute Gasteiger partial charge is 0.222 e. The van der Waals surface area contributed by atoms with Gasteiger partial charge in [-0.3, -0.25) is 0 Å². The molecule has 0 bridgehead atoms. The number of rotatable bonds is 6. The highest BCUT2D eigenvalue weighted by atomic mass is 16.5. The largest absolute Gasteiger partial charge is 0.493 e. The predicted octanol–water partition coefficient (Wildman–Crippen LogP) is 2.78. The molecule has 0 radical (unpaired) electrons. The molecule has 5 heteroatoms. The van der Waals surface area contributed by atoms with Crippen LogP contribution in [0, 0.1) is 6.92 Å². The molecule has 0 aliphatic heterocycles. The van der Waals surface area contributed by atoms with Crippen molar-refractivity contribution in [2.24, 2.45) is 7.05 Å². The van der Waals surface area contributed by atoms with Gasteiger partial charge in [-0.1, -0.05) is 12.1 Å². The van der Waals surface area contributed by atoms with Crippen LogP contribution in [0.25, 0.3) is 0 Å². The molecule has 3 rings (SSSR count). The van der Waals surface area contributed by atoms with Gasteiger partial charge in [-0.2, -0.15) is 5.10 Å². The molecule has 0 atom stereocenters. The van der Waals surface area contributed by atoms with Crippen LogP contribution in [0.5, 0.6) is 17.4 Å². The number of para-hydroxylation sites is 2. The summed E-state index contributed by atoms with van der Waals surface area (Å²) in [6.45, 7) is 2.80. The van der Waals surface area contributed by atoms with E-state index in [0.29, 0.717) is 11.8 Å². The average molecular weight is 287 g/mol. The van der Waals surface area contributed by atoms with E-state index in [2.05, 4.69) is 10.4 Å². The third-order valence-electron chi connectivity index (χ3n) is 3.71. The lowest BCUT2D eigenvalue weighted by Gasteiger charge is -2.12. The van der Waals surface area contributed by atoms with Crippen molar-refractivity contribution in [3.8, 4) is 17.4 Å². The standard InChI is InChI=1S/C16H21N3O2/c1-11-13(10-17-12-8-9-12)16(19(2)18-11)21-15-7-5-4-6-14(15)20-3/h4-7,12,17H,8-10H2,1-3H3. The maximum atomic E-state index is 6.07. The Bertz CT molecular complexity index is 632. The number of aromatic nitrogens is 2. The zero-order valence-electron chi connectivity index (χ0n) is 12.7. The lowest BCUT2D eigenvalue weighted by Crippen LogP contribution is -2.16. The highest BCUT2D eigenvalue weighted by Gasteiger charge is 2.23. The molecular formula is C16H21N3O2. The minimum absolute atomic E-state index is 0.656. The topological polar surface area (TPSA) is 48.3 Å². The summed E-state index contributed by atoms with van der Waals surface area (Å²) in [6.07, 6.45) is 2.53. The lowest BCUT2D eigenvalue weighted by molar-refractivity contribution is 0.363. The molecule has 0 unspecified atom stereocenters. The molecule has 0 spiro atoms. The molecule has 0 amide bonds. The van der Waals surface area contributed by atoms with Crippen LogP contribution in [0.15, 0.2) is 24.3 Å². The van der Waals surface area contributed by atoms with Gasteiger partial charge in [0.1, 0.15) is 0 Å². The summed E-state index contributed by atoms with van der Waals surface area (Å²) < 4.78 is 13.2. The van der Waals surface area contributed by atoms with Crippen molar-refractivity contribution < 1.29 is 9.47 Å². The van der Waals surface area contributed by atoms with Gasteiger partial charge in [-0.05, 0) is 31.9 Å². The van der Waals surface area contributed by atoms with Gasteiger partial charge >= 0.3 is 0 Å². The monoisotopic (exact) mass is 287 g/mol. The van der Waals surface area contributed by atoms with E-state index in [1.807, 2.05) is 38.2 Å². The first-order valence-corrected chi connectivity index (χ1v) is 7.25. The number of hydrogen-bond acceptors (Lipinski definition) is 4. The van der Waals surface area contributed by atoms with Crippen LogP contribution in [0.2, 0.25) is 0 Å². The first-order valence-electron chi connectivity index (χ1n) is 7.25. The summed E-state index contributed by atoms with van der Waals surface area (Å²) in [5.41, 5.74) is 2.10. The molecule has 1 aromatic heterocycles. The normalized spacial score (nSPS) is 14.2. The van der Waals surface area contributed by atoms with Crippen LogP contribution in [0.4, 0.5) is 0 Å². The Hall–Kier alpha value is -2.01. The number of benzene rings is 1. The number of nitrogens with zero attached hydrogens (tertiary/aromatic N) is 2. The summed E-state index contributed by atoms with van der Waals surface area (Å²) in [6, 6.07) is 8.31. The molecule has 1 fully saturated rings. The molecule has 1 saturated carbocycles. The number of ether oxygens (including phenoxy) is 2. The minimum Gasteiger partial charge on any atom is -0.493 e. The highest BCUT2D eigenvalue weighted by Crippen LogP contribution is 2.33. The molecule has 21 heavy (non-hydrogen) atoms. The second kappa shape index (κ2) is 5.77. The van der Waals surface area contributed by atoms with Crippen molar-refractivity contribution >= 4 is 0 Å². The highest BCUT2D eigenvalue weighted by molar-refractivity contribution is 5.43. The van der Waals surface area contributed by atoms with E-state index in [4.69, 9.17) is 9.47 Å². The van der Waals surface area contributed by atoms with E-state index in [0.717, 1.165) is 29.4 Å². The average Bonchev–Trinajstić information content (AvgIpc) is 3.26. The van der Waals surface area contributed by atoms with Crippen LogP contribution < -0.4 is 14.8 Å². The summed E-state index contributed by atoms with van der Waals surface area (Å²) >= 11 is 0. The molecular weight excluding hydrogens is 266 g/mol. The molecule has 1 aromatic carbocycles. The summed E-state index contributed by atoms with van der Waals surface area (Å²) in [5.74, 6) is 2.19. The number of aryl methyl sites for hydroxylation is 2. The van der Waals surface area contributed by atoms with Crippen LogP contribution in [-0.4, -0.2) is 22.9 Å². The van der Waals surface area contributed by atoms with Gasteiger partial charge in [0.25, 0.3) is 0 Å². The Balaban J connectivity index is 1.86. The third-order valence-corrected chi connectivity index (χ3v) is 3.71. The molecule has 0 saturated heterocycles. The fourth-order valence-corrected chi connectivity index (χ4v) is 2.35. The summed E-state index contributed by atoms with van der Waals surface area (Å²) in [5, 5.41) is 7.99. The van der Waals surface area contributed by atoms with E-state index >= 15 is 0 Å². The van der Waals surface area contributed by atoms with E-state index in [1.165, 1.54) is 12.8 Å². The van der Waals surface area contributed by atoms with Gasteiger partial charge < -0.3 is 14.8 Å². The molecule has 1 aliphatic carbocycles. The lowest BCUT2D eigenvalue weighted by atomic mass is 10.2. The van der Waals surface area contributed by atoms with Crippen molar-refractivity contribution in [3.05, 3.63) is 35.5 Å². The Morgan fingerprint density at radius 2 is 2.00 bits per heavy atom. The van der Waals surface area contributed by atoms with Crippen LogP contribution >= 0.6 is 0 Å². The predicted molar refractivity (Wildman–Crippen MR) is 80.9 cm³/mol. The Labute approximate surface area is 124 Å². The maximum Gasteiger partial charge on any atom is 0.222 e. The maximum absolute atomic E-state index is 6.07. The molecule has 1 heterocycles. The third kappa shape index (κ3) is 3.03. The van der Waals surface area contributed by atoms with Crippen molar-refractivity contribution in [2.75, 3.05) is 7.11 Å². The quantitative estimate of drug-likeness (QED) is 0.887. The Kier molecular flexibility index (Phi) is 3.84. The number of methoxy groups -OCH3 is 1. The zero-order chi connectivity index (χ0) is 14.8. The number of hydrogen-bond donors (Lipinski definition) is 1. The van der Waals surface area contributed by atoms with Crippen LogP contribution in [0.3, 0.4) is 0 Å². The van der Waals surface area contributed by atoms with Gasteiger partial charge in [0, 0.05) is 19.6 Å². The fourth-order valence-electron chi connectivity index (χ4n) is 2.35. The Morgan fingerprint density at radius 3 is 2.67 bits per heavy atom. The van der Waals surface area contributed by atoms with Crippen molar-refractivity contribution in [3.63, 3.8) is 0 Å². The van der Waals surface area contributed by atoms with Gasteiger partial charge in [-0.15, -0.1) is 0 Å². The molecule has 112 valence electrons. The molecule has 5 nitrogen and oxygen atoms in total. The van der Waals surface area contributed by atoms with Crippen LogP contribution in [0.1, 0.15) is 24.1 Å². The van der Waals surface area contributed by atoms with Crippen LogP contribution in [-0.2, 0) is 13.6 Å².